The highest BCUT2D eigenvalue weighted by Crippen LogP contribution is 1.92. The highest BCUT2D eigenvalue weighted by atomic mass is 35.5. The molecule has 0 spiro atoms. The van der Waals surface area contributed by atoms with Crippen molar-refractivity contribution in [3.8, 4) is 0 Å². The third-order valence-electron chi connectivity index (χ3n) is 0.991. The summed E-state index contributed by atoms with van der Waals surface area (Å²) in [7, 11) is 0. The Morgan fingerprint density at radius 2 is 2.55 bits per heavy atom. The fraction of sp³-hybridized carbons (Fsp3) is 0. The molecule has 0 aliphatic rings. The van der Waals surface area contributed by atoms with Crippen molar-refractivity contribution in [2.24, 2.45) is 5.16 Å². The van der Waals surface area contributed by atoms with Crippen LogP contribution >= 0.6 is 11.6 Å². The van der Waals surface area contributed by atoms with Crippen molar-refractivity contribution in [3.05, 3.63) is 28.4 Å². The van der Waals surface area contributed by atoms with E-state index in [0.29, 0.717) is 0 Å². The first-order chi connectivity index (χ1) is 5.25. The van der Waals surface area contributed by atoms with Gasteiger partial charge in [-0.1, -0.05) is 16.8 Å². The first-order valence-electron chi connectivity index (χ1n) is 2.67. The van der Waals surface area contributed by atoms with Gasteiger partial charge >= 0.3 is 0 Å². The molecule has 0 aromatic carbocycles. The molecule has 5 nitrogen and oxygen atoms in total. The predicted octanol–water partition coefficient (Wildman–Crippen LogP) is 0.144. The molecule has 0 amide bonds. The molecule has 0 radical (unpaired) electrons. The van der Waals surface area contributed by atoms with Gasteiger partial charge in [-0.05, 0) is 0 Å². The van der Waals surface area contributed by atoms with Gasteiger partial charge in [0.25, 0.3) is 5.56 Å². The molecule has 6 heteroatoms. The zero-order chi connectivity index (χ0) is 8.27. The molecule has 0 saturated carbocycles. The van der Waals surface area contributed by atoms with E-state index >= 15 is 0 Å². The number of hydrogen-bond donors (Lipinski definition) is 2. The lowest BCUT2D eigenvalue weighted by Crippen LogP contribution is -2.16. The van der Waals surface area contributed by atoms with Gasteiger partial charge in [-0.15, -0.1) is 0 Å². The molecule has 1 aromatic rings. The Kier molecular flexibility index (Phi) is 2.22. The quantitative estimate of drug-likeness (QED) is 0.360. The maximum atomic E-state index is 10.8. The van der Waals surface area contributed by atoms with Gasteiger partial charge in [-0.25, -0.2) is 4.98 Å². The molecular weight excluding hydrogens is 170 g/mol. The third-order valence-corrected chi connectivity index (χ3v) is 1.25. The number of nitrogens with one attached hydrogen (secondary N) is 1. The van der Waals surface area contributed by atoms with E-state index < -0.39 is 5.56 Å². The van der Waals surface area contributed by atoms with Crippen LogP contribution in [0.2, 0.25) is 0 Å². The van der Waals surface area contributed by atoms with Crippen molar-refractivity contribution in [2.45, 2.75) is 0 Å². The molecule has 0 unspecified atom stereocenters. The lowest BCUT2D eigenvalue weighted by molar-refractivity contribution is 0.320. The molecule has 2 N–H and O–H groups in total. The van der Waals surface area contributed by atoms with E-state index in [4.69, 9.17) is 16.8 Å². The average Bonchev–Trinajstić information content (AvgIpc) is 2.04. The molecule has 0 aliphatic carbocycles. The number of halogens is 1. The van der Waals surface area contributed by atoms with Crippen molar-refractivity contribution in [1.29, 1.82) is 0 Å². The van der Waals surface area contributed by atoms with Crippen molar-refractivity contribution >= 4 is 16.8 Å². The second kappa shape index (κ2) is 3.16. The summed E-state index contributed by atoms with van der Waals surface area (Å²) < 4.78 is 0. The van der Waals surface area contributed by atoms with Crippen molar-refractivity contribution < 1.29 is 5.21 Å². The highest BCUT2D eigenvalue weighted by molar-refractivity contribution is 6.69. The lowest BCUT2D eigenvalue weighted by atomic mass is 10.5. The molecule has 0 bridgehead atoms. The molecule has 0 atom stereocenters. The summed E-state index contributed by atoms with van der Waals surface area (Å²) in [6, 6.07) is 0. The maximum absolute atomic E-state index is 10.8. The molecule has 0 fully saturated rings. The van der Waals surface area contributed by atoms with Gasteiger partial charge < -0.3 is 10.2 Å². The van der Waals surface area contributed by atoms with Crippen LogP contribution in [0.1, 0.15) is 5.69 Å². The number of hydrogen-bond acceptors (Lipinski definition) is 4. The minimum absolute atomic E-state index is 0.100. The summed E-state index contributed by atoms with van der Waals surface area (Å²) in [4.78, 5) is 16.7. The largest absolute Gasteiger partial charge is 0.410 e. The normalized spacial score (nSPS) is 11.5. The number of H-pyrrole nitrogens is 1. The molecule has 0 saturated heterocycles. The number of oxime groups is 1. The fourth-order valence-electron chi connectivity index (χ4n) is 0.546. The Morgan fingerprint density at radius 1 is 1.82 bits per heavy atom. The average molecular weight is 174 g/mol. The van der Waals surface area contributed by atoms with Crippen molar-refractivity contribution in [3.63, 3.8) is 0 Å². The Balaban J connectivity index is 3.25. The summed E-state index contributed by atoms with van der Waals surface area (Å²) in [5, 5.41) is 10.5. The molecular formula is C5H4ClN3O2. The van der Waals surface area contributed by atoms with Crippen LogP contribution in [0.4, 0.5) is 0 Å². The topological polar surface area (TPSA) is 78.3 Å². The van der Waals surface area contributed by atoms with Crippen LogP contribution in [-0.4, -0.2) is 20.3 Å². The highest BCUT2D eigenvalue weighted by Gasteiger charge is 2.05. The van der Waals surface area contributed by atoms with Crippen LogP contribution in [0.15, 0.2) is 22.3 Å². The van der Waals surface area contributed by atoms with Gasteiger partial charge in [0.1, 0.15) is 0 Å². The third kappa shape index (κ3) is 1.56. The molecule has 11 heavy (non-hydrogen) atoms. The van der Waals surface area contributed by atoms with E-state index in [1.54, 1.807) is 0 Å². The summed E-state index contributed by atoms with van der Waals surface area (Å²) in [5.41, 5.74) is -0.591. The van der Waals surface area contributed by atoms with Crippen LogP contribution in [-0.2, 0) is 0 Å². The summed E-state index contributed by atoms with van der Waals surface area (Å²) in [5.74, 6) is 0. The van der Waals surface area contributed by atoms with E-state index in [-0.39, 0.29) is 10.9 Å². The van der Waals surface area contributed by atoms with E-state index in [1.807, 2.05) is 0 Å². The van der Waals surface area contributed by atoms with E-state index in [2.05, 4.69) is 15.1 Å². The monoisotopic (exact) mass is 173 g/mol. The van der Waals surface area contributed by atoms with Gasteiger partial charge in [0.05, 0.1) is 0 Å². The Morgan fingerprint density at radius 3 is 3.09 bits per heavy atom. The molecule has 58 valence electrons. The second-order valence-corrected chi connectivity index (χ2v) is 2.02. The summed E-state index contributed by atoms with van der Waals surface area (Å²) in [6.45, 7) is 0. The number of rotatable bonds is 1. The molecule has 1 heterocycles. The van der Waals surface area contributed by atoms with Crippen LogP contribution in [0.5, 0.6) is 0 Å². The SMILES string of the molecule is O=c1[nH]ccnc1/C(Cl)=N\O. The van der Waals surface area contributed by atoms with Gasteiger partial charge in [0.15, 0.2) is 10.9 Å². The molecule has 1 aromatic heterocycles. The molecule has 0 aliphatic heterocycles. The van der Waals surface area contributed by atoms with Crippen LogP contribution in [0, 0.1) is 0 Å². The minimum atomic E-state index is -0.490. The van der Waals surface area contributed by atoms with E-state index in [9.17, 15) is 4.79 Å². The molecule has 1 rings (SSSR count). The maximum Gasteiger partial charge on any atom is 0.277 e. The van der Waals surface area contributed by atoms with Gasteiger partial charge in [0.2, 0.25) is 0 Å². The zero-order valence-corrected chi connectivity index (χ0v) is 6.04. The van der Waals surface area contributed by atoms with Gasteiger partial charge in [-0.2, -0.15) is 0 Å². The lowest BCUT2D eigenvalue weighted by Gasteiger charge is -1.90. The number of nitrogens with zero attached hydrogens (tertiary/aromatic N) is 2. The zero-order valence-electron chi connectivity index (χ0n) is 5.28. The summed E-state index contributed by atoms with van der Waals surface area (Å²) in [6.07, 6.45) is 2.69. The van der Waals surface area contributed by atoms with Crippen LogP contribution < -0.4 is 5.56 Å². The fourth-order valence-corrected chi connectivity index (χ4v) is 0.681. The van der Waals surface area contributed by atoms with E-state index in [1.165, 1.54) is 12.4 Å². The standard InChI is InChI=1S/C5H4ClN3O2/c6-4(9-11)3-5(10)8-2-1-7-3/h1-2,11H,(H,8,10)/b9-4+. The Hall–Kier alpha value is -1.36. The van der Waals surface area contributed by atoms with Gasteiger partial charge in [-0.3, -0.25) is 4.79 Å². The van der Waals surface area contributed by atoms with Crippen molar-refractivity contribution in [1.82, 2.24) is 9.97 Å². The van der Waals surface area contributed by atoms with Crippen LogP contribution in [0.3, 0.4) is 0 Å². The van der Waals surface area contributed by atoms with Crippen LogP contribution in [0.25, 0.3) is 0 Å². The minimum Gasteiger partial charge on any atom is -0.410 e. The first-order valence-corrected chi connectivity index (χ1v) is 3.05. The second-order valence-electron chi connectivity index (χ2n) is 1.66. The van der Waals surface area contributed by atoms with E-state index in [0.717, 1.165) is 0 Å². The predicted molar refractivity (Wildman–Crippen MR) is 39.0 cm³/mol. The van der Waals surface area contributed by atoms with Crippen molar-refractivity contribution in [2.75, 3.05) is 0 Å². The summed E-state index contributed by atoms with van der Waals surface area (Å²) >= 11 is 5.31. The van der Waals surface area contributed by atoms with Gasteiger partial charge in [0, 0.05) is 12.4 Å². The number of aromatic nitrogens is 2. The smallest absolute Gasteiger partial charge is 0.277 e. The number of aromatic amines is 1. The Labute approximate surface area is 66.3 Å². The first kappa shape index (κ1) is 7.74. The Bertz CT molecular complexity index is 332.